The maximum absolute atomic E-state index is 14.5. The number of aryl methyl sites for hydroxylation is 1. The Morgan fingerprint density at radius 3 is 2.78 bits per heavy atom. The zero-order valence-corrected chi connectivity index (χ0v) is 16.7. The van der Waals surface area contributed by atoms with Gasteiger partial charge in [0.1, 0.15) is 11.6 Å². The van der Waals surface area contributed by atoms with Crippen LogP contribution in [0.2, 0.25) is 0 Å². The molecule has 1 aliphatic heterocycles. The van der Waals surface area contributed by atoms with E-state index in [-0.39, 0.29) is 23.3 Å². The molecule has 1 aromatic heterocycles. The van der Waals surface area contributed by atoms with Crippen LogP contribution in [0.1, 0.15) is 25.0 Å². The van der Waals surface area contributed by atoms with Crippen LogP contribution in [0.5, 0.6) is 0 Å². The van der Waals surface area contributed by atoms with Crippen molar-refractivity contribution < 1.29 is 9.18 Å². The van der Waals surface area contributed by atoms with Gasteiger partial charge in [0.2, 0.25) is 5.91 Å². The lowest BCUT2D eigenvalue weighted by Gasteiger charge is -2.19. The fourth-order valence-corrected chi connectivity index (χ4v) is 4.04. The van der Waals surface area contributed by atoms with Crippen LogP contribution in [0.3, 0.4) is 0 Å². The highest BCUT2D eigenvalue weighted by atomic mass is 79.9. The molecule has 1 aliphatic carbocycles. The summed E-state index contributed by atoms with van der Waals surface area (Å²) in [5.74, 6) is 0.544. The lowest BCUT2D eigenvalue weighted by Crippen LogP contribution is -2.32. The number of benzene rings is 1. The summed E-state index contributed by atoms with van der Waals surface area (Å²) in [5, 5.41) is 0. The number of likely N-dealkylation sites (tertiary alicyclic amines) is 1. The molecule has 0 N–H and O–H groups in total. The molecular weight excluding hydrogens is 413 g/mol. The number of aromatic nitrogens is 2. The van der Waals surface area contributed by atoms with Crippen molar-refractivity contribution in [3.05, 3.63) is 50.6 Å². The Labute approximate surface area is 165 Å². The number of amides is 1. The van der Waals surface area contributed by atoms with Crippen molar-refractivity contribution in [3.8, 4) is 11.4 Å². The summed E-state index contributed by atoms with van der Waals surface area (Å²) in [6, 6.07) is 6.22. The Morgan fingerprint density at radius 2 is 2.07 bits per heavy atom. The summed E-state index contributed by atoms with van der Waals surface area (Å²) in [7, 11) is 0. The number of nitrogens with zero attached hydrogens (tertiary/aromatic N) is 3. The van der Waals surface area contributed by atoms with E-state index in [0.29, 0.717) is 34.6 Å². The molecule has 0 spiro atoms. The number of carbonyl (C=O) groups is 1. The predicted molar refractivity (Wildman–Crippen MR) is 104 cm³/mol. The van der Waals surface area contributed by atoms with E-state index >= 15 is 0 Å². The monoisotopic (exact) mass is 433 g/mol. The standard InChI is InChI=1S/C20H21BrFN3O2/c1-12-8-18(26)25(19(23-12)16-5-4-15(21)9-17(16)22)11-13-6-7-24(10-13)20(27)14-2-3-14/h4-5,8-9,13-14H,2-3,6-7,10-11H2,1H3/t13-/m1/s1. The first-order valence-corrected chi connectivity index (χ1v) is 10.0. The molecule has 1 amide bonds. The Hall–Kier alpha value is -2.02. The Kier molecular flexibility index (Phi) is 4.88. The maximum Gasteiger partial charge on any atom is 0.253 e. The Morgan fingerprint density at radius 1 is 1.30 bits per heavy atom. The van der Waals surface area contributed by atoms with Gasteiger partial charge in [-0.05, 0) is 50.3 Å². The van der Waals surface area contributed by atoms with Crippen LogP contribution in [-0.2, 0) is 11.3 Å². The quantitative estimate of drug-likeness (QED) is 0.742. The van der Waals surface area contributed by atoms with Crippen molar-refractivity contribution in [1.29, 1.82) is 0 Å². The van der Waals surface area contributed by atoms with E-state index in [1.165, 1.54) is 12.1 Å². The first-order chi connectivity index (χ1) is 12.9. The lowest BCUT2D eigenvalue weighted by atomic mass is 10.1. The van der Waals surface area contributed by atoms with Crippen molar-refractivity contribution in [3.63, 3.8) is 0 Å². The van der Waals surface area contributed by atoms with E-state index in [4.69, 9.17) is 0 Å². The highest BCUT2D eigenvalue weighted by Crippen LogP contribution is 2.33. The van der Waals surface area contributed by atoms with Crippen LogP contribution < -0.4 is 5.56 Å². The second kappa shape index (κ2) is 7.19. The SMILES string of the molecule is Cc1cc(=O)n(C[C@@H]2CCN(C(=O)C3CC3)C2)c(-c2ccc(Br)cc2F)n1. The Balaban J connectivity index is 1.63. The van der Waals surface area contributed by atoms with Gasteiger partial charge in [0.15, 0.2) is 0 Å². The maximum atomic E-state index is 14.5. The summed E-state index contributed by atoms with van der Waals surface area (Å²) < 4.78 is 16.7. The fraction of sp³-hybridized carbons (Fsp3) is 0.450. The van der Waals surface area contributed by atoms with Crippen molar-refractivity contribution >= 4 is 21.8 Å². The first kappa shape index (κ1) is 18.3. The van der Waals surface area contributed by atoms with E-state index in [0.717, 1.165) is 25.8 Å². The molecule has 2 heterocycles. The minimum absolute atomic E-state index is 0.173. The molecule has 5 nitrogen and oxygen atoms in total. The van der Waals surface area contributed by atoms with Gasteiger partial charge >= 0.3 is 0 Å². The molecule has 27 heavy (non-hydrogen) atoms. The molecule has 4 rings (SSSR count). The van der Waals surface area contributed by atoms with Crippen molar-refractivity contribution in [2.75, 3.05) is 13.1 Å². The van der Waals surface area contributed by atoms with Gasteiger partial charge in [-0.25, -0.2) is 9.37 Å². The van der Waals surface area contributed by atoms with Gasteiger partial charge in [-0.3, -0.25) is 14.2 Å². The molecule has 1 saturated carbocycles. The minimum Gasteiger partial charge on any atom is -0.342 e. The van der Waals surface area contributed by atoms with Gasteiger partial charge in [-0.15, -0.1) is 0 Å². The molecule has 0 bridgehead atoms. The molecule has 2 aliphatic rings. The predicted octanol–water partition coefficient (Wildman–Crippen LogP) is 3.38. The number of carbonyl (C=O) groups excluding carboxylic acids is 1. The van der Waals surface area contributed by atoms with Crippen molar-refractivity contribution in [2.45, 2.75) is 32.7 Å². The van der Waals surface area contributed by atoms with Gasteiger partial charge in [0.25, 0.3) is 5.56 Å². The smallest absolute Gasteiger partial charge is 0.253 e. The zero-order valence-electron chi connectivity index (χ0n) is 15.1. The van der Waals surface area contributed by atoms with E-state index < -0.39 is 5.82 Å². The van der Waals surface area contributed by atoms with E-state index in [9.17, 15) is 14.0 Å². The van der Waals surface area contributed by atoms with E-state index in [2.05, 4.69) is 20.9 Å². The fourth-order valence-electron chi connectivity index (χ4n) is 3.70. The van der Waals surface area contributed by atoms with Crippen LogP contribution in [0, 0.1) is 24.6 Å². The third kappa shape index (κ3) is 3.83. The third-order valence-corrected chi connectivity index (χ3v) is 5.77. The summed E-state index contributed by atoms with van der Waals surface area (Å²) >= 11 is 3.26. The van der Waals surface area contributed by atoms with Gasteiger partial charge in [-0.1, -0.05) is 15.9 Å². The number of hydrogen-bond acceptors (Lipinski definition) is 3. The molecule has 2 aromatic rings. The van der Waals surface area contributed by atoms with Crippen LogP contribution in [0.4, 0.5) is 4.39 Å². The molecule has 7 heteroatoms. The average Bonchev–Trinajstić information content (AvgIpc) is 3.35. The minimum atomic E-state index is -0.424. The molecule has 0 radical (unpaired) electrons. The molecular formula is C20H21BrFN3O2. The summed E-state index contributed by atoms with van der Waals surface area (Å²) in [6.07, 6.45) is 2.84. The molecule has 2 fully saturated rings. The van der Waals surface area contributed by atoms with Gasteiger partial charge in [0, 0.05) is 41.8 Å². The summed E-state index contributed by atoms with van der Waals surface area (Å²) in [6.45, 7) is 3.55. The highest BCUT2D eigenvalue weighted by molar-refractivity contribution is 9.10. The topological polar surface area (TPSA) is 55.2 Å². The highest BCUT2D eigenvalue weighted by Gasteiger charge is 2.36. The van der Waals surface area contributed by atoms with E-state index in [1.807, 2.05) is 4.90 Å². The lowest BCUT2D eigenvalue weighted by molar-refractivity contribution is -0.131. The van der Waals surface area contributed by atoms with Gasteiger partial charge in [-0.2, -0.15) is 0 Å². The first-order valence-electron chi connectivity index (χ1n) is 9.25. The molecule has 1 atom stereocenters. The van der Waals surface area contributed by atoms with Gasteiger partial charge < -0.3 is 4.90 Å². The second-order valence-electron chi connectivity index (χ2n) is 7.51. The van der Waals surface area contributed by atoms with Crippen molar-refractivity contribution in [2.24, 2.45) is 11.8 Å². The van der Waals surface area contributed by atoms with Crippen LogP contribution >= 0.6 is 15.9 Å². The van der Waals surface area contributed by atoms with Crippen molar-refractivity contribution in [1.82, 2.24) is 14.5 Å². The molecule has 1 aromatic carbocycles. The summed E-state index contributed by atoms with van der Waals surface area (Å²) in [4.78, 5) is 31.3. The number of halogens is 2. The molecule has 142 valence electrons. The second-order valence-corrected chi connectivity index (χ2v) is 8.42. The largest absolute Gasteiger partial charge is 0.342 e. The zero-order chi connectivity index (χ0) is 19.1. The average molecular weight is 434 g/mol. The van der Waals surface area contributed by atoms with Crippen LogP contribution in [0.25, 0.3) is 11.4 Å². The normalized spacial score (nSPS) is 19.5. The van der Waals surface area contributed by atoms with Crippen LogP contribution in [0.15, 0.2) is 33.5 Å². The molecule has 1 saturated heterocycles. The Bertz CT molecular complexity index is 955. The van der Waals surface area contributed by atoms with E-state index in [1.54, 1.807) is 23.6 Å². The summed E-state index contributed by atoms with van der Waals surface area (Å²) in [5.41, 5.74) is 0.681. The van der Waals surface area contributed by atoms with Gasteiger partial charge in [0.05, 0.1) is 5.56 Å². The molecule has 0 unspecified atom stereocenters. The number of rotatable bonds is 4. The van der Waals surface area contributed by atoms with Crippen LogP contribution in [-0.4, -0.2) is 33.4 Å². The third-order valence-electron chi connectivity index (χ3n) is 5.27. The number of hydrogen-bond donors (Lipinski definition) is 0.